The van der Waals surface area contributed by atoms with Crippen molar-refractivity contribution in [3.63, 3.8) is 0 Å². The Balaban J connectivity index is 1.35. The second kappa shape index (κ2) is 15.8. The fraction of sp³-hybridized carbons (Fsp3) is 0.444. The van der Waals surface area contributed by atoms with Crippen LogP contribution in [0.5, 0.6) is 5.75 Å². The van der Waals surface area contributed by atoms with Crippen molar-refractivity contribution in [1.82, 2.24) is 0 Å². The summed E-state index contributed by atoms with van der Waals surface area (Å²) in [5.74, 6) is -1.75. The Bertz CT molecular complexity index is 1260. The molecule has 1 aliphatic rings. The predicted molar refractivity (Wildman–Crippen MR) is 162 cm³/mol. The third-order valence-electron chi connectivity index (χ3n) is 8.02. The van der Waals surface area contributed by atoms with E-state index in [1.165, 1.54) is 31.4 Å². The van der Waals surface area contributed by atoms with E-state index < -0.39 is 11.6 Å². The average molecular weight is 565 g/mol. The number of allylic oxidation sites excluding steroid dienone is 2. The molecule has 1 fully saturated rings. The molecule has 4 rings (SSSR count). The summed E-state index contributed by atoms with van der Waals surface area (Å²) in [6.45, 7) is 5.28. The normalized spacial score (nSPS) is 17.3. The Morgan fingerprint density at radius 3 is 2.22 bits per heavy atom. The number of rotatable bonds is 14. The van der Waals surface area contributed by atoms with E-state index in [-0.39, 0.29) is 23.2 Å². The molecule has 1 aliphatic heterocycles. The van der Waals surface area contributed by atoms with Crippen LogP contribution in [-0.2, 0) is 4.74 Å². The van der Waals surface area contributed by atoms with Gasteiger partial charge in [-0.3, -0.25) is 0 Å². The quantitative estimate of drug-likeness (QED) is 0.143. The highest BCUT2D eigenvalue weighted by Crippen LogP contribution is 2.36. The summed E-state index contributed by atoms with van der Waals surface area (Å²) in [4.78, 5) is 0. The number of ether oxygens (including phenoxy) is 2. The molecule has 1 saturated heterocycles. The molecule has 0 bridgehead atoms. The second-order valence-electron chi connectivity index (χ2n) is 11.1. The topological polar surface area (TPSA) is 18.5 Å². The first-order chi connectivity index (χ1) is 20.0. The number of hydrogen-bond donors (Lipinski definition) is 0. The minimum absolute atomic E-state index is 0.0651. The van der Waals surface area contributed by atoms with Gasteiger partial charge in [-0.2, -0.15) is 4.39 Å². The SMILES string of the molecule is CC=CCCC1CCC(c2ccc(-c3ccc(-c4ccc(OCCCCCCCC)c(F)c4F)cc3)c(F)c2)OC1. The van der Waals surface area contributed by atoms with Crippen molar-refractivity contribution >= 4 is 0 Å². The van der Waals surface area contributed by atoms with E-state index in [0.29, 0.717) is 35.8 Å². The maximum atomic E-state index is 15.2. The fourth-order valence-electron chi connectivity index (χ4n) is 5.52. The zero-order chi connectivity index (χ0) is 29.0. The van der Waals surface area contributed by atoms with Crippen LogP contribution in [0.1, 0.15) is 89.7 Å². The van der Waals surface area contributed by atoms with Crippen LogP contribution in [0, 0.1) is 23.4 Å². The van der Waals surface area contributed by atoms with E-state index in [1.807, 2.05) is 13.0 Å². The molecule has 220 valence electrons. The summed E-state index contributed by atoms with van der Waals surface area (Å²) in [5.41, 5.74) is 2.65. The molecule has 0 saturated carbocycles. The lowest BCUT2D eigenvalue weighted by molar-refractivity contribution is -0.0191. The smallest absolute Gasteiger partial charge is 0.201 e. The zero-order valence-electron chi connectivity index (χ0n) is 24.4. The van der Waals surface area contributed by atoms with Crippen molar-refractivity contribution in [2.75, 3.05) is 13.2 Å². The van der Waals surface area contributed by atoms with Crippen molar-refractivity contribution in [2.45, 2.75) is 84.2 Å². The first kappa shape index (κ1) is 30.9. The molecule has 2 atom stereocenters. The van der Waals surface area contributed by atoms with Crippen LogP contribution in [-0.4, -0.2) is 13.2 Å². The molecule has 0 aliphatic carbocycles. The van der Waals surface area contributed by atoms with Gasteiger partial charge in [0.15, 0.2) is 11.6 Å². The summed E-state index contributed by atoms with van der Waals surface area (Å²) in [6, 6.07) is 15.1. The van der Waals surface area contributed by atoms with Crippen LogP contribution in [0.15, 0.2) is 66.7 Å². The molecular weight excluding hydrogens is 521 g/mol. The van der Waals surface area contributed by atoms with Gasteiger partial charge in [-0.15, -0.1) is 0 Å². The zero-order valence-corrected chi connectivity index (χ0v) is 24.4. The van der Waals surface area contributed by atoms with Gasteiger partial charge < -0.3 is 9.47 Å². The molecule has 0 radical (unpaired) electrons. The lowest BCUT2D eigenvalue weighted by atomic mass is 9.91. The molecule has 0 amide bonds. The Morgan fingerprint density at radius 2 is 1.54 bits per heavy atom. The third kappa shape index (κ3) is 8.48. The van der Waals surface area contributed by atoms with Crippen molar-refractivity contribution in [1.29, 1.82) is 0 Å². The Kier molecular flexibility index (Phi) is 11.9. The second-order valence-corrected chi connectivity index (χ2v) is 11.1. The Morgan fingerprint density at radius 1 is 0.829 bits per heavy atom. The van der Waals surface area contributed by atoms with Gasteiger partial charge in [0.25, 0.3) is 0 Å². The molecule has 3 aromatic carbocycles. The number of unbranched alkanes of at least 4 members (excludes halogenated alkanes) is 5. The molecule has 3 aromatic rings. The van der Waals surface area contributed by atoms with E-state index in [1.54, 1.807) is 36.4 Å². The number of benzene rings is 3. The van der Waals surface area contributed by atoms with Crippen LogP contribution in [0.25, 0.3) is 22.3 Å². The van der Waals surface area contributed by atoms with Crippen LogP contribution < -0.4 is 4.74 Å². The Labute approximate surface area is 243 Å². The minimum Gasteiger partial charge on any atom is -0.490 e. The van der Waals surface area contributed by atoms with Crippen molar-refractivity contribution in [3.8, 4) is 28.0 Å². The van der Waals surface area contributed by atoms with Crippen LogP contribution in [0.2, 0.25) is 0 Å². The maximum Gasteiger partial charge on any atom is 0.201 e. The van der Waals surface area contributed by atoms with Crippen LogP contribution in [0.4, 0.5) is 13.2 Å². The van der Waals surface area contributed by atoms with Gasteiger partial charge in [0.05, 0.1) is 19.3 Å². The predicted octanol–water partition coefficient (Wildman–Crippen LogP) is 11.0. The first-order valence-corrected chi connectivity index (χ1v) is 15.3. The largest absolute Gasteiger partial charge is 0.490 e. The molecule has 0 N–H and O–H groups in total. The number of halogens is 3. The summed E-state index contributed by atoms with van der Waals surface area (Å²) >= 11 is 0. The van der Waals surface area contributed by atoms with Gasteiger partial charge in [0.1, 0.15) is 5.82 Å². The molecule has 0 spiro atoms. The van der Waals surface area contributed by atoms with Crippen molar-refractivity contribution in [3.05, 3.63) is 89.8 Å². The van der Waals surface area contributed by atoms with Crippen molar-refractivity contribution in [2.24, 2.45) is 5.92 Å². The number of hydrogen-bond acceptors (Lipinski definition) is 2. The summed E-state index contributed by atoms with van der Waals surface area (Å²) < 4.78 is 56.5. The van der Waals surface area contributed by atoms with Gasteiger partial charge in [-0.25, -0.2) is 8.78 Å². The molecule has 5 heteroatoms. The standard InChI is InChI=1S/C36H43F3O2/c1-3-5-7-8-9-11-23-40-34-22-20-31(35(38)36(34)39)28-16-14-27(15-17-28)30-19-18-29(24-32(30)37)33-21-13-26(25-41-33)12-10-6-4-2/h4,6,14-20,22,24,26,33H,3,5,7-13,21,23,25H2,1-2H3. The van der Waals surface area contributed by atoms with Gasteiger partial charge in [0.2, 0.25) is 5.82 Å². The van der Waals surface area contributed by atoms with Gasteiger partial charge in [-0.1, -0.05) is 87.6 Å². The fourth-order valence-corrected chi connectivity index (χ4v) is 5.52. The highest BCUT2D eigenvalue weighted by Gasteiger charge is 2.23. The highest BCUT2D eigenvalue weighted by atomic mass is 19.2. The van der Waals surface area contributed by atoms with Gasteiger partial charge in [-0.05, 0) is 79.8 Å². The summed E-state index contributed by atoms with van der Waals surface area (Å²) in [6.07, 6.45) is 14.9. The molecule has 41 heavy (non-hydrogen) atoms. The summed E-state index contributed by atoms with van der Waals surface area (Å²) in [5, 5.41) is 0. The van der Waals surface area contributed by atoms with E-state index in [4.69, 9.17) is 9.47 Å². The molecule has 2 nitrogen and oxygen atoms in total. The Hall–Kier alpha value is -3.05. The lowest BCUT2D eigenvalue weighted by Gasteiger charge is -2.29. The molecule has 2 unspecified atom stereocenters. The first-order valence-electron chi connectivity index (χ1n) is 15.3. The lowest BCUT2D eigenvalue weighted by Crippen LogP contribution is -2.20. The van der Waals surface area contributed by atoms with E-state index in [2.05, 4.69) is 19.1 Å². The molecule has 0 aromatic heterocycles. The van der Waals surface area contributed by atoms with Gasteiger partial charge in [0, 0.05) is 11.1 Å². The van der Waals surface area contributed by atoms with E-state index >= 15 is 4.39 Å². The summed E-state index contributed by atoms with van der Waals surface area (Å²) in [7, 11) is 0. The van der Waals surface area contributed by atoms with Gasteiger partial charge >= 0.3 is 0 Å². The third-order valence-corrected chi connectivity index (χ3v) is 8.02. The van der Waals surface area contributed by atoms with Crippen LogP contribution in [0.3, 0.4) is 0 Å². The minimum atomic E-state index is -0.978. The van der Waals surface area contributed by atoms with E-state index in [9.17, 15) is 8.78 Å². The maximum absolute atomic E-state index is 15.2. The van der Waals surface area contributed by atoms with Crippen molar-refractivity contribution < 1.29 is 22.6 Å². The monoisotopic (exact) mass is 564 g/mol. The molecule has 1 heterocycles. The van der Waals surface area contributed by atoms with Crippen LogP contribution >= 0.6 is 0 Å². The average Bonchev–Trinajstić information content (AvgIpc) is 2.99. The molecular formula is C36H43F3O2. The highest BCUT2D eigenvalue weighted by molar-refractivity contribution is 5.71. The van der Waals surface area contributed by atoms with E-state index in [0.717, 1.165) is 50.5 Å².